The summed E-state index contributed by atoms with van der Waals surface area (Å²) in [6.45, 7) is 19.0. The van der Waals surface area contributed by atoms with Crippen molar-refractivity contribution in [3.8, 4) is 12.3 Å². The van der Waals surface area contributed by atoms with Crippen LogP contribution in [0.5, 0.6) is 0 Å². The van der Waals surface area contributed by atoms with Gasteiger partial charge in [-0.3, -0.25) is 0 Å². The fourth-order valence-electron chi connectivity index (χ4n) is 4.57. The lowest BCUT2D eigenvalue weighted by molar-refractivity contribution is 1.39. The standard InChI is InChI=1S/C25H25N.C9H8.C7H9N/c1-16-8-6-10-21(12-16)19(4)23-14-18(3)15-24(25(23)26)20(5)22-11-7-9-17(2)13-22;1-3-9-6-4-5-8(2)7-9;1-6-2-4-7(8)5-3-6/h6-15H,4-5,26H2,1-3H3;1,4-7H,2H3;2-5H,8H2,1H3. The topological polar surface area (TPSA) is 52.0 Å². The summed E-state index contributed by atoms with van der Waals surface area (Å²) < 4.78 is 0. The number of rotatable bonds is 4. The largest absolute Gasteiger partial charge is 0.399 e. The molecule has 216 valence electrons. The van der Waals surface area contributed by atoms with Crippen molar-refractivity contribution in [2.75, 3.05) is 11.5 Å². The third-order valence-corrected chi connectivity index (χ3v) is 6.97. The maximum atomic E-state index is 6.58. The van der Waals surface area contributed by atoms with Gasteiger partial charge in [0.2, 0.25) is 0 Å². The number of nitrogens with two attached hydrogens (primary N) is 2. The van der Waals surface area contributed by atoms with Gasteiger partial charge in [0.1, 0.15) is 0 Å². The lowest BCUT2D eigenvalue weighted by atomic mass is 9.89. The molecule has 0 aromatic heterocycles. The number of aryl methyl sites for hydroxylation is 5. The van der Waals surface area contributed by atoms with E-state index in [0.29, 0.717) is 0 Å². The minimum Gasteiger partial charge on any atom is -0.399 e. The van der Waals surface area contributed by atoms with Crippen LogP contribution in [-0.2, 0) is 0 Å². The molecule has 0 radical (unpaired) electrons. The van der Waals surface area contributed by atoms with E-state index in [-0.39, 0.29) is 0 Å². The smallest absolute Gasteiger partial charge is 0.0473 e. The quantitative estimate of drug-likeness (QED) is 0.169. The first kappa shape index (κ1) is 32.3. The van der Waals surface area contributed by atoms with Gasteiger partial charge in [-0.1, -0.05) is 109 Å². The molecule has 0 saturated heterocycles. The van der Waals surface area contributed by atoms with Crippen LogP contribution in [0.1, 0.15) is 55.6 Å². The molecule has 5 aromatic carbocycles. The molecule has 0 fully saturated rings. The van der Waals surface area contributed by atoms with Crippen molar-refractivity contribution in [2.45, 2.75) is 34.6 Å². The Morgan fingerprint density at radius 3 is 1.35 bits per heavy atom. The van der Waals surface area contributed by atoms with Gasteiger partial charge in [0.25, 0.3) is 0 Å². The summed E-state index contributed by atoms with van der Waals surface area (Å²) in [7, 11) is 0. The number of terminal acetylenes is 1. The molecule has 4 N–H and O–H groups in total. The van der Waals surface area contributed by atoms with E-state index in [1.807, 2.05) is 62.4 Å². The van der Waals surface area contributed by atoms with Crippen molar-refractivity contribution in [2.24, 2.45) is 0 Å². The second-order valence-corrected chi connectivity index (χ2v) is 10.9. The molecule has 0 amide bonds. The Bertz CT molecular complexity index is 1670. The van der Waals surface area contributed by atoms with Gasteiger partial charge in [-0.15, -0.1) is 6.42 Å². The Kier molecular flexibility index (Phi) is 11.3. The third-order valence-electron chi connectivity index (χ3n) is 6.97. The SMILES string of the molecule is C#Cc1cccc(C)c1.C=C(c1cccc(C)c1)c1cc(C)cc(C(=C)c2cccc(C)c2)c1N.Cc1ccc(N)cc1. The zero-order valence-electron chi connectivity index (χ0n) is 26.0. The normalized spacial score (nSPS) is 9.86. The first-order chi connectivity index (χ1) is 20.5. The van der Waals surface area contributed by atoms with Crippen LogP contribution in [0.25, 0.3) is 11.1 Å². The van der Waals surface area contributed by atoms with E-state index in [1.54, 1.807) is 0 Å². The Morgan fingerprint density at radius 1 is 0.535 bits per heavy atom. The average Bonchev–Trinajstić information content (AvgIpc) is 2.99. The van der Waals surface area contributed by atoms with Gasteiger partial charge in [-0.25, -0.2) is 0 Å². The summed E-state index contributed by atoms with van der Waals surface area (Å²) in [5.41, 5.74) is 26.5. The lowest BCUT2D eigenvalue weighted by Gasteiger charge is -2.17. The minimum atomic E-state index is 0.730. The van der Waals surface area contributed by atoms with E-state index in [1.165, 1.54) is 22.3 Å². The molecule has 0 aliphatic carbocycles. The summed E-state index contributed by atoms with van der Waals surface area (Å²) >= 11 is 0. The van der Waals surface area contributed by atoms with Gasteiger partial charge in [0.15, 0.2) is 0 Å². The van der Waals surface area contributed by atoms with E-state index in [9.17, 15) is 0 Å². The fraction of sp³-hybridized carbons (Fsp3) is 0.122. The van der Waals surface area contributed by atoms with Crippen LogP contribution in [0.2, 0.25) is 0 Å². The third kappa shape index (κ3) is 9.38. The van der Waals surface area contributed by atoms with E-state index in [0.717, 1.165) is 55.9 Å². The molecule has 43 heavy (non-hydrogen) atoms. The van der Waals surface area contributed by atoms with Crippen LogP contribution in [0.4, 0.5) is 11.4 Å². The summed E-state index contributed by atoms with van der Waals surface area (Å²) in [6.07, 6.45) is 5.17. The molecule has 5 aromatic rings. The van der Waals surface area contributed by atoms with Gasteiger partial charge >= 0.3 is 0 Å². The van der Waals surface area contributed by atoms with Gasteiger partial charge in [-0.2, -0.15) is 0 Å². The molecule has 0 aliphatic rings. The van der Waals surface area contributed by atoms with Gasteiger partial charge in [0, 0.05) is 28.1 Å². The van der Waals surface area contributed by atoms with Crippen LogP contribution < -0.4 is 11.5 Å². The van der Waals surface area contributed by atoms with Crippen molar-refractivity contribution in [3.63, 3.8) is 0 Å². The Hall–Kier alpha value is -5.26. The molecule has 0 saturated carbocycles. The molecule has 0 spiro atoms. The monoisotopic (exact) mass is 562 g/mol. The first-order valence-electron chi connectivity index (χ1n) is 14.3. The molecule has 0 atom stereocenters. The maximum Gasteiger partial charge on any atom is 0.0473 e. The van der Waals surface area contributed by atoms with Crippen molar-refractivity contribution >= 4 is 22.5 Å². The van der Waals surface area contributed by atoms with Crippen LogP contribution in [0, 0.1) is 47.0 Å². The Morgan fingerprint density at radius 2 is 0.977 bits per heavy atom. The van der Waals surface area contributed by atoms with Crippen molar-refractivity contribution in [3.05, 3.63) is 178 Å². The second-order valence-electron chi connectivity index (χ2n) is 10.9. The second kappa shape index (κ2) is 15.1. The predicted molar refractivity (Wildman–Crippen MR) is 189 cm³/mol. The summed E-state index contributed by atoms with van der Waals surface area (Å²) in [4.78, 5) is 0. The molecule has 2 heteroatoms. The van der Waals surface area contributed by atoms with Crippen LogP contribution in [0.15, 0.2) is 122 Å². The number of benzene rings is 5. The number of anilines is 2. The van der Waals surface area contributed by atoms with Crippen LogP contribution >= 0.6 is 0 Å². The van der Waals surface area contributed by atoms with E-state index >= 15 is 0 Å². The van der Waals surface area contributed by atoms with Crippen molar-refractivity contribution in [1.82, 2.24) is 0 Å². The lowest BCUT2D eigenvalue weighted by Crippen LogP contribution is -2.02. The number of hydrogen-bond acceptors (Lipinski definition) is 2. The molecule has 2 nitrogen and oxygen atoms in total. The highest BCUT2D eigenvalue weighted by atomic mass is 14.6. The van der Waals surface area contributed by atoms with E-state index < -0.39 is 0 Å². The molecule has 0 unspecified atom stereocenters. The molecule has 5 rings (SSSR count). The van der Waals surface area contributed by atoms with Gasteiger partial charge in [-0.05, 0) is 104 Å². The molecular formula is C41H42N2. The summed E-state index contributed by atoms with van der Waals surface area (Å²) in [5, 5.41) is 0. The van der Waals surface area contributed by atoms with E-state index in [2.05, 4.69) is 101 Å². The highest BCUT2D eigenvalue weighted by Crippen LogP contribution is 2.35. The molecular weight excluding hydrogens is 520 g/mol. The van der Waals surface area contributed by atoms with Crippen LogP contribution in [0.3, 0.4) is 0 Å². The Balaban J connectivity index is 0.000000241. The zero-order chi connectivity index (χ0) is 31.5. The van der Waals surface area contributed by atoms with Gasteiger partial charge in [0.05, 0.1) is 0 Å². The number of hydrogen-bond donors (Lipinski definition) is 2. The predicted octanol–water partition coefficient (Wildman–Crippen LogP) is 9.87. The number of nitrogen functional groups attached to an aromatic ring is 2. The zero-order valence-corrected chi connectivity index (χ0v) is 26.0. The fourth-order valence-corrected chi connectivity index (χ4v) is 4.57. The minimum absolute atomic E-state index is 0.730. The summed E-state index contributed by atoms with van der Waals surface area (Å²) in [6, 6.07) is 36.6. The highest BCUT2D eigenvalue weighted by molar-refractivity contribution is 5.93. The summed E-state index contributed by atoms with van der Waals surface area (Å²) in [5.74, 6) is 2.57. The highest BCUT2D eigenvalue weighted by Gasteiger charge is 2.14. The molecule has 0 heterocycles. The van der Waals surface area contributed by atoms with Crippen LogP contribution in [-0.4, -0.2) is 0 Å². The molecule has 0 aliphatic heterocycles. The average molecular weight is 563 g/mol. The van der Waals surface area contributed by atoms with Crippen molar-refractivity contribution in [1.29, 1.82) is 0 Å². The maximum absolute atomic E-state index is 6.58. The first-order valence-corrected chi connectivity index (χ1v) is 14.3. The van der Waals surface area contributed by atoms with Crippen molar-refractivity contribution < 1.29 is 0 Å². The van der Waals surface area contributed by atoms with E-state index in [4.69, 9.17) is 17.9 Å². The van der Waals surface area contributed by atoms with Gasteiger partial charge < -0.3 is 11.5 Å². The molecule has 0 bridgehead atoms. The Labute approximate surface area is 258 Å².